The van der Waals surface area contributed by atoms with Crippen LogP contribution in [0.2, 0.25) is 0 Å². The number of hydrogen-bond acceptors (Lipinski definition) is 2. The van der Waals surface area contributed by atoms with Crippen LogP contribution >= 0.6 is 0 Å². The van der Waals surface area contributed by atoms with Gasteiger partial charge >= 0.3 is 0 Å². The largest absolute Gasteiger partial charge is 0.390 e. The van der Waals surface area contributed by atoms with Gasteiger partial charge in [0.05, 0.1) is 12.2 Å². The summed E-state index contributed by atoms with van der Waals surface area (Å²) < 4.78 is 5.38. The zero-order valence-corrected chi connectivity index (χ0v) is 7.79. The fourth-order valence-electron chi connectivity index (χ4n) is 1.35. The highest BCUT2D eigenvalue weighted by molar-refractivity contribution is 4.97. The molecule has 0 aromatic heterocycles. The molecular weight excluding hydrogens is 140 g/mol. The molecule has 1 aliphatic rings. The van der Waals surface area contributed by atoms with E-state index in [0.717, 1.165) is 6.42 Å². The molecule has 1 heterocycles. The van der Waals surface area contributed by atoms with Gasteiger partial charge in [-0.05, 0) is 11.8 Å². The third kappa shape index (κ3) is 1.94. The van der Waals surface area contributed by atoms with Gasteiger partial charge in [-0.15, -0.1) is 0 Å². The van der Waals surface area contributed by atoms with E-state index in [1.807, 2.05) is 6.92 Å². The molecule has 1 fully saturated rings. The summed E-state index contributed by atoms with van der Waals surface area (Å²) in [5.41, 5.74) is 0.181. The highest BCUT2D eigenvalue weighted by atomic mass is 16.6. The summed E-state index contributed by atoms with van der Waals surface area (Å²) in [4.78, 5) is 0. The normalized spacial score (nSPS) is 33.5. The van der Waals surface area contributed by atoms with E-state index < -0.39 is 0 Å². The van der Waals surface area contributed by atoms with E-state index in [4.69, 9.17) is 4.74 Å². The minimum Gasteiger partial charge on any atom is -0.390 e. The Morgan fingerprint density at radius 3 is 2.27 bits per heavy atom. The number of epoxide rings is 1. The molecule has 2 nitrogen and oxygen atoms in total. The lowest BCUT2D eigenvalue weighted by atomic mass is 9.89. The molecule has 1 rings (SSSR count). The van der Waals surface area contributed by atoms with Crippen molar-refractivity contribution in [3.8, 4) is 0 Å². The topological polar surface area (TPSA) is 32.8 Å². The molecule has 0 saturated carbocycles. The lowest BCUT2D eigenvalue weighted by Crippen LogP contribution is -2.23. The highest BCUT2D eigenvalue weighted by Gasteiger charge is 2.50. The lowest BCUT2D eigenvalue weighted by molar-refractivity contribution is 0.131. The third-order valence-corrected chi connectivity index (χ3v) is 2.18. The SMILES string of the molecule is CC[C@H](O)[C@H]1O[C@@H]1C(C)(C)C. The average molecular weight is 158 g/mol. The van der Waals surface area contributed by atoms with Crippen LogP contribution in [0.25, 0.3) is 0 Å². The molecule has 11 heavy (non-hydrogen) atoms. The van der Waals surface area contributed by atoms with E-state index in [1.165, 1.54) is 0 Å². The zero-order chi connectivity index (χ0) is 8.65. The van der Waals surface area contributed by atoms with Gasteiger partial charge in [0.2, 0.25) is 0 Å². The van der Waals surface area contributed by atoms with Crippen molar-refractivity contribution in [1.29, 1.82) is 0 Å². The van der Waals surface area contributed by atoms with Gasteiger partial charge in [0, 0.05) is 0 Å². The Bertz CT molecular complexity index is 137. The molecule has 0 aromatic rings. The van der Waals surface area contributed by atoms with Gasteiger partial charge in [-0.1, -0.05) is 27.7 Å². The first-order chi connectivity index (χ1) is 4.96. The minimum absolute atomic E-state index is 0.0972. The van der Waals surface area contributed by atoms with Crippen LogP contribution in [0.5, 0.6) is 0 Å². The predicted octanol–water partition coefficient (Wildman–Crippen LogP) is 1.57. The second-order valence-electron chi connectivity index (χ2n) is 4.36. The molecule has 1 aliphatic heterocycles. The molecule has 1 saturated heterocycles. The van der Waals surface area contributed by atoms with E-state index in [0.29, 0.717) is 0 Å². The van der Waals surface area contributed by atoms with Crippen molar-refractivity contribution < 1.29 is 9.84 Å². The summed E-state index contributed by atoms with van der Waals surface area (Å²) in [7, 11) is 0. The summed E-state index contributed by atoms with van der Waals surface area (Å²) in [6.07, 6.45) is 0.883. The first-order valence-corrected chi connectivity index (χ1v) is 4.30. The molecule has 0 aliphatic carbocycles. The van der Waals surface area contributed by atoms with Crippen LogP contribution in [0, 0.1) is 5.41 Å². The number of hydrogen-bond donors (Lipinski definition) is 1. The van der Waals surface area contributed by atoms with E-state index >= 15 is 0 Å². The maximum Gasteiger partial charge on any atom is 0.110 e. The van der Waals surface area contributed by atoms with Crippen molar-refractivity contribution in [2.24, 2.45) is 5.41 Å². The van der Waals surface area contributed by atoms with Crippen molar-refractivity contribution in [3.05, 3.63) is 0 Å². The van der Waals surface area contributed by atoms with Crippen LogP contribution in [0.4, 0.5) is 0 Å². The summed E-state index contributed by atoms with van der Waals surface area (Å²) in [5, 5.41) is 9.41. The number of rotatable bonds is 2. The summed E-state index contributed by atoms with van der Waals surface area (Å²) in [6.45, 7) is 8.40. The average Bonchev–Trinajstić information content (AvgIpc) is 2.62. The molecule has 0 aromatic carbocycles. The molecule has 2 heteroatoms. The van der Waals surface area contributed by atoms with Crippen molar-refractivity contribution in [3.63, 3.8) is 0 Å². The first kappa shape index (κ1) is 9.01. The van der Waals surface area contributed by atoms with Crippen LogP contribution in [0.3, 0.4) is 0 Å². The minimum atomic E-state index is -0.265. The Morgan fingerprint density at radius 2 is 2.00 bits per heavy atom. The van der Waals surface area contributed by atoms with Crippen LogP contribution in [0.15, 0.2) is 0 Å². The number of aliphatic hydroxyl groups excluding tert-OH is 1. The van der Waals surface area contributed by atoms with Crippen LogP contribution in [-0.4, -0.2) is 23.4 Å². The molecule has 0 amide bonds. The number of aliphatic hydroxyl groups is 1. The van der Waals surface area contributed by atoms with Gasteiger partial charge in [-0.2, -0.15) is 0 Å². The van der Waals surface area contributed by atoms with E-state index in [9.17, 15) is 5.11 Å². The summed E-state index contributed by atoms with van der Waals surface area (Å²) in [6, 6.07) is 0. The van der Waals surface area contributed by atoms with Crippen molar-refractivity contribution in [2.45, 2.75) is 52.4 Å². The maximum atomic E-state index is 9.41. The van der Waals surface area contributed by atoms with Gasteiger partial charge < -0.3 is 9.84 Å². The molecule has 0 unspecified atom stereocenters. The van der Waals surface area contributed by atoms with Crippen molar-refractivity contribution in [2.75, 3.05) is 0 Å². The highest BCUT2D eigenvalue weighted by Crippen LogP contribution is 2.40. The van der Waals surface area contributed by atoms with Crippen LogP contribution in [-0.2, 0) is 4.74 Å². The standard InChI is InChI=1S/C9H18O2/c1-5-6(10)7-8(11-7)9(2,3)4/h6-8,10H,5H2,1-4H3/t6-,7+,8-/m0/s1. The Labute approximate surface area is 68.6 Å². The monoisotopic (exact) mass is 158 g/mol. The van der Waals surface area contributed by atoms with Gasteiger partial charge in [-0.25, -0.2) is 0 Å². The molecule has 0 bridgehead atoms. The molecular formula is C9H18O2. The fraction of sp³-hybridized carbons (Fsp3) is 1.00. The predicted molar refractivity (Wildman–Crippen MR) is 44.4 cm³/mol. The van der Waals surface area contributed by atoms with E-state index in [-0.39, 0.29) is 23.7 Å². The van der Waals surface area contributed by atoms with Crippen molar-refractivity contribution in [1.82, 2.24) is 0 Å². The van der Waals surface area contributed by atoms with Gasteiger partial charge in [-0.3, -0.25) is 0 Å². The van der Waals surface area contributed by atoms with E-state index in [2.05, 4.69) is 20.8 Å². The molecule has 3 atom stereocenters. The molecule has 0 spiro atoms. The second kappa shape index (κ2) is 2.76. The van der Waals surface area contributed by atoms with Gasteiger partial charge in [0.15, 0.2) is 0 Å². The van der Waals surface area contributed by atoms with Gasteiger partial charge in [0.1, 0.15) is 6.10 Å². The summed E-state index contributed by atoms with van der Waals surface area (Å²) >= 11 is 0. The Kier molecular flexibility index (Phi) is 2.26. The molecule has 0 radical (unpaired) electrons. The quantitative estimate of drug-likeness (QED) is 0.619. The van der Waals surface area contributed by atoms with Crippen LogP contribution in [0.1, 0.15) is 34.1 Å². The fourth-order valence-corrected chi connectivity index (χ4v) is 1.35. The lowest BCUT2D eigenvalue weighted by Gasteiger charge is -2.15. The Balaban J connectivity index is 2.37. The van der Waals surface area contributed by atoms with Gasteiger partial charge in [0.25, 0.3) is 0 Å². The third-order valence-electron chi connectivity index (χ3n) is 2.18. The Hall–Kier alpha value is -0.0800. The first-order valence-electron chi connectivity index (χ1n) is 4.30. The van der Waals surface area contributed by atoms with E-state index in [1.54, 1.807) is 0 Å². The summed E-state index contributed by atoms with van der Waals surface area (Å²) in [5.74, 6) is 0. The molecule has 66 valence electrons. The smallest absolute Gasteiger partial charge is 0.110 e. The van der Waals surface area contributed by atoms with Crippen LogP contribution < -0.4 is 0 Å². The number of ether oxygens (including phenoxy) is 1. The zero-order valence-electron chi connectivity index (χ0n) is 7.79. The Morgan fingerprint density at radius 1 is 1.45 bits per heavy atom. The maximum absolute atomic E-state index is 9.41. The van der Waals surface area contributed by atoms with Crippen molar-refractivity contribution >= 4 is 0 Å². The molecule has 1 N–H and O–H groups in total. The second-order valence-corrected chi connectivity index (χ2v) is 4.36.